The third-order valence-corrected chi connectivity index (χ3v) is 2.05. The largest absolute Gasteiger partial charge is 0.468 e. The van der Waals surface area contributed by atoms with E-state index in [1.54, 1.807) is 19.3 Å². The SMILES string of the molecule is CC1(C(Cl)Cl)OC=CCO1. The lowest BCUT2D eigenvalue weighted by atomic mass is 10.3. The Morgan fingerprint density at radius 1 is 1.60 bits per heavy atom. The second-order valence-electron chi connectivity index (χ2n) is 2.12. The molecule has 58 valence electrons. The molecule has 0 bridgehead atoms. The third kappa shape index (κ3) is 1.57. The first-order valence-corrected chi connectivity index (χ1v) is 3.77. The van der Waals surface area contributed by atoms with Crippen LogP contribution in [0.25, 0.3) is 0 Å². The molecule has 2 nitrogen and oxygen atoms in total. The van der Waals surface area contributed by atoms with Gasteiger partial charge in [-0.15, -0.1) is 0 Å². The van der Waals surface area contributed by atoms with Gasteiger partial charge in [0.15, 0.2) is 4.84 Å². The standard InChI is InChI=1S/C6H8Cl2O2/c1-6(5(7)8)9-3-2-4-10-6/h2-3,5H,4H2,1H3. The van der Waals surface area contributed by atoms with Crippen LogP contribution in [0.2, 0.25) is 0 Å². The number of alkyl halides is 2. The van der Waals surface area contributed by atoms with Crippen LogP contribution in [0.4, 0.5) is 0 Å². The summed E-state index contributed by atoms with van der Waals surface area (Å²) in [5.41, 5.74) is 0. The van der Waals surface area contributed by atoms with Gasteiger partial charge in [0.05, 0.1) is 12.9 Å². The normalized spacial score (nSPS) is 32.4. The zero-order chi connectivity index (χ0) is 7.61. The molecule has 0 aromatic heterocycles. The van der Waals surface area contributed by atoms with Crippen LogP contribution < -0.4 is 0 Å². The highest BCUT2D eigenvalue weighted by Crippen LogP contribution is 2.27. The van der Waals surface area contributed by atoms with Gasteiger partial charge in [0.1, 0.15) is 0 Å². The average Bonchev–Trinajstić information content (AvgIpc) is 1.89. The molecular formula is C6H8Cl2O2. The zero-order valence-electron chi connectivity index (χ0n) is 5.51. The van der Waals surface area contributed by atoms with Crippen LogP contribution >= 0.6 is 23.2 Å². The summed E-state index contributed by atoms with van der Waals surface area (Å²) in [6.07, 6.45) is 3.29. The maximum absolute atomic E-state index is 5.58. The molecule has 0 aliphatic carbocycles. The highest BCUT2D eigenvalue weighted by Gasteiger charge is 2.35. The van der Waals surface area contributed by atoms with Gasteiger partial charge in [0, 0.05) is 6.92 Å². The van der Waals surface area contributed by atoms with E-state index in [4.69, 9.17) is 32.7 Å². The van der Waals surface area contributed by atoms with Crippen molar-refractivity contribution >= 4 is 23.2 Å². The van der Waals surface area contributed by atoms with E-state index in [1.807, 2.05) is 0 Å². The van der Waals surface area contributed by atoms with E-state index in [-0.39, 0.29) is 0 Å². The highest BCUT2D eigenvalue weighted by molar-refractivity contribution is 6.45. The van der Waals surface area contributed by atoms with Gasteiger partial charge in [0.25, 0.3) is 0 Å². The van der Waals surface area contributed by atoms with Crippen LogP contribution in [0.1, 0.15) is 6.92 Å². The molecule has 10 heavy (non-hydrogen) atoms. The predicted octanol–water partition coefficient (Wildman–Crippen LogP) is 2.07. The van der Waals surface area contributed by atoms with Crippen molar-refractivity contribution in [1.29, 1.82) is 0 Å². The zero-order valence-corrected chi connectivity index (χ0v) is 7.02. The van der Waals surface area contributed by atoms with Crippen molar-refractivity contribution in [3.8, 4) is 0 Å². The first kappa shape index (κ1) is 8.18. The molecule has 1 aliphatic heterocycles. The number of hydrogen-bond acceptors (Lipinski definition) is 2. The minimum Gasteiger partial charge on any atom is -0.468 e. The van der Waals surface area contributed by atoms with E-state index in [1.165, 1.54) is 0 Å². The summed E-state index contributed by atoms with van der Waals surface area (Å²) in [7, 11) is 0. The van der Waals surface area contributed by atoms with E-state index in [0.29, 0.717) is 6.61 Å². The molecule has 1 atom stereocenters. The van der Waals surface area contributed by atoms with Crippen LogP contribution in [-0.4, -0.2) is 17.2 Å². The molecular weight excluding hydrogens is 175 g/mol. The molecule has 0 aromatic carbocycles. The molecule has 0 fully saturated rings. The minimum atomic E-state index is -0.877. The second-order valence-corrected chi connectivity index (χ2v) is 3.21. The molecule has 0 saturated heterocycles. The molecule has 4 heteroatoms. The van der Waals surface area contributed by atoms with Crippen molar-refractivity contribution in [1.82, 2.24) is 0 Å². The second kappa shape index (κ2) is 2.99. The number of halogens is 2. The summed E-state index contributed by atoms with van der Waals surface area (Å²) in [4.78, 5) is -0.669. The van der Waals surface area contributed by atoms with Crippen LogP contribution in [0.3, 0.4) is 0 Å². The molecule has 1 unspecified atom stereocenters. The number of rotatable bonds is 1. The fraction of sp³-hybridized carbons (Fsp3) is 0.667. The van der Waals surface area contributed by atoms with Gasteiger partial charge in [0.2, 0.25) is 5.79 Å². The van der Waals surface area contributed by atoms with Gasteiger partial charge in [-0.2, -0.15) is 0 Å². The van der Waals surface area contributed by atoms with E-state index < -0.39 is 10.6 Å². The maximum Gasteiger partial charge on any atom is 0.237 e. The van der Waals surface area contributed by atoms with E-state index in [0.717, 1.165) is 0 Å². The van der Waals surface area contributed by atoms with Gasteiger partial charge in [-0.1, -0.05) is 23.2 Å². The molecule has 0 aromatic rings. The van der Waals surface area contributed by atoms with Crippen LogP contribution in [0, 0.1) is 0 Å². The Balaban J connectivity index is 2.59. The predicted molar refractivity (Wildman–Crippen MR) is 40.1 cm³/mol. The Kier molecular flexibility index (Phi) is 2.45. The Morgan fingerprint density at radius 2 is 2.30 bits per heavy atom. The summed E-state index contributed by atoms with van der Waals surface area (Å²) >= 11 is 11.2. The summed E-state index contributed by atoms with van der Waals surface area (Å²) in [5.74, 6) is -0.877. The smallest absolute Gasteiger partial charge is 0.237 e. The first-order chi connectivity index (χ1) is 4.65. The molecule has 0 radical (unpaired) electrons. The summed E-state index contributed by atoms with van der Waals surface area (Å²) in [6.45, 7) is 2.19. The maximum atomic E-state index is 5.58. The lowest BCUT2D eigenvalue weighted by Gasteiger charge is -2.31. The molecule has 0 amide bonds. The highest BCUT2D eigenvalue weighted by atomic mass is 35.5. The minimum absolute atomic E-state index is 0.493. The van der Waals surface area contributed by atoms with E-state index >= 15 is 0 Å². The topological polar surface area (TPSA) is 18.5 Å². The van der Waals surface area contributed by atoms with Crippen molar-refractivity contribution in [3.63, 3.8) is 0 Å². The van der Waals surface area contributed by atoms with E-state index in [9.17, 15) is 0 Å². The summed E-state index contributed by atoms with van der Waals surface area (Å²) < 4.78 is 10.2. The average molecular weight is 183 g/mol. The van der Waals surface area contributed by atoms with Crippen LogP contribution in [0.5, 0.6) is 0 Å². The summed E-state index contributed by atoms with van der Waals surface area (Å²) in [5, 5.41) is 0. The van der Waals surface area contributed by atoms with Gasteiger partial charge in [-0.05, 0) is 6.08 Å². The fourth-order valence-electron chi connectivity index (χ4n) is 0.585. The van der Waals surface area contributed by atoms with Crippen molar-refractivity contribution in [2.45, 2.75) is 17.5 Å². The van der Waals surface area contributed by atoms with E-state index in [2.05, 4.69) is 0 Å². The Bertz CT molecular complexity index is 147. The number of hydrogen-bond donors (Lipinski definition) is 0. The lowest BCUT2D eigenvalue weighted by molar-refractivity contribution is -0.189. The Labute approximate surface area is 69.7 Å². The lowest BCUT2D eigenvalue weighted by Crippen LogP contribution is -2.39. The van der Waals surface area contributed by atoms with Gasteiger partial charge in [-0.25, -0.2) is 0 Å². The monoisotopic (exact) mass is 182 g/mol. The van der Waals surface area contributed by atoms with Crippen molar-refractivity contribution in [3.05, 3.63) is 12.3 Å². The molecule has 1 rings (SSSR count). The van der Waals surface area contributed by atoms with Crippen molar-refractivity contribution in [2.75, 3.05) is 6.61 Å². The van der Waals surface area contributed by atoms with Crippen LogP contribution in [-0.2, 0) is 9.47 Å². The Morgan fingerprint density at radius 3 is 2.60 bits per heavy atom. The number of ether oxygens (including phenoxy) is 2. The fourth-order valence-corrected chi connectivity index (χ4v) is 0.813. The molecule has 0 saturated carbocycles. The quantitative estimate of drug-likeness (QED) is 0.579. The summed E-state index contributed by atoms with van der Waals surface area (Å²) in [6, 6.07) is 0. The molecule has 1 heterocycles. The van der Waals surface area contributed by atoms with Gasteiger partial charge in [-0.3, -0.25) is 0 Å². The third-order valence-electron chi connectivity index (χ3n) is 1.26. The van der Waals surface area contributed by atoms with Crippen molar-refractivity contribution in [2.24, 2.45) is 0 Å². The Hall–Kier alpha value is 0.0800. The first-order valence-electron chi connectivity index (χ1n) is 2.90. The molecule has 0 N–H and O–H groups in total. The molecule has 1 aliphatic rings. The molecule has 0 spiro atoms. The van der Waals surface area contributed by atoms with Gasteiger partial charge < -0.3 is 9.47 Å². The van der Waals surface area contributed by atoms with Gasteiger partial charge >= 0.3 is 0 Å². The van der Waals surface area contributed by atoms with Crippen molar-refractivity contribution < 1.29 is 9.47 Å². The van der Waals surface area contributed by atoms with Crippen LogP contribution in [0.15, 0.2) is 12.3 Å².